The minimum Gasteiger partial charge on any atom is -0.497 e. The molecule has 0 radical (unpaired) electrons. The molecule has 7 heteroatoms. The fraction of sp³-hybridized carbons (Fsp3) is 0.192. The number of aromatic amines is 1. The Morgan fingerprint density at radius 3 is 2.70 bits per heavy atom. The average Bonchev–Trinajstić information content (AvgIpc) is 3.09. The third-order valence-electron chi connectivity index (χ3n) is 6.22. The molecule has 3 heterocycles. The van der Waals surface area contributed by atoms with Crippen molar-refractivity contribution >= 4 is 33.4 Å². The van der Waals surface area contributed by atoms with Crippen LogP contribution in [-0.4, -0.2) is 40.1 Å². The van der Waals surface area contributed by atoms with Gasteiger partial charge in [0, 0.05) is 30.7 Å². The van der Waals surface area contributed by atoms with Crippen LogP contribution in [0.1, 0.15) is 11.4 Å². The standard InChI is InChI=1S/C26H24N6O/c1-16-30-24-7-4-18(12-25(24)31-16)17-3-6-22-19(11-17)14-32(10-9-27-22)26-21-13-20(33-2)5-8-23(21)28-15-29-26/h3-8,11-13,15,27H,9-10,14H2,1-2H3,(H,30,31). The summed E-state index contributed by atoms with van der Waals surface area (Å²) in [7, 11) is 1.68. The predicted octanol–water partition coefficient (Wildman–Crippen LogP) is 4.92. The lowest BCUT2D eigenvalue weighted by Gasteiger charge is -2.23. The van der Waals surface area contributed by atoms with E-state index in [2.05, 4.69) is 66.6 Å². The number of ether oxygens (including phenoxy) is 1. The van der Waals surface area contributed by atoms with Crippen LogP contribution in [0.3, 0.4) is 0 Å². The zero-order valence-corrected chi connectivity index (χ0v) is 18.6. The summed E-state index contributed by atoms with van der Waals surface area (Å²) >= 11 is 0. The smallest absolute Gasteiger partial charge is 0.140 e. The molecule has 0 saturated heterocycles. The molecule has 0 atom stereocenters. The van der Waals surface area contributed by atoms with Crippen molar-refractivity contribution in [3.8, 4) is 16.9 Å². The largest absolute Gasteiger partial charge is 0.497 e. The molecule has 2 aromatic heterocycles. The molecule has 3 aromatic carbocycles. The zero-order valence-electron chi connectivity index (χ0n) is 18.6. The predicted molar refractivity (Wildman–Crippen MR) is 132 cm³/mol. The second kappa shape index (κ2) is 7.78. The summed E-state index contributed by atoms with van der Waals surface area (Å²) in [5.41, 5.74) is 7.71. The summed E-state index contributed by atoms with van der Waals surface area (Å²) in [6.45, 7) is 4.41. The molecule has 33 heavy (non-hydrogen) atoms. The van der Waals surface area contributed by atoms with Crippen molar-refractivity contribution in [1.29, 1.82) is 0 Å². The fourth-order valence-corrected chi connectivity index (χ4v) is 4.59. The van der Waals surface area contributed by atoms with Crippen molar-refractivity contribution in [2.45, 2.75) is 13.5 Å². The van der Waals surface area contributed by atoms with Crippen molar-refractivity contribution in [1.82, 2.24) is 19.9 Å². The summed E-state index contributed by atoms with van der Waals surface area (Å²) in [5.74, 6) is 2.66. The second-order valence-corrected chi connectivity index (χ2v) is 8.35. The van der Waals surface area contributed by atoms with Gasteiger partial charge in [-0.3, -0.25) is 0 Å². The van der Waals surface area contributed by atoms with Crippen LogP contribution in [0.4, 0.5) is 11.5 Å². The van der Waals surface area contributed by atoms with Gasteiger partial charge in [0.05, 0.1) is 23.7 Å². The van der Waals surface area contributed by atoms with Gasteiger partial charge >= 0.3 is 0 Å². The first-order chi connectivity index (χ1) is 16.2. The van der Waals surface area contributed by atoms with Gasteiger partial charge in [-0.15, -0.1) is 0 Å². The molecular formula is C26H24N6O. The van der Waals surface area contributed by atoms with Crippen molar-refractivity contribution in [2.75, 3.05) is 30.4 Å². The van der Waals surface area contributed by atoms with Gasteiger partial charge < -0.3 is 19.9 Å². The highest BCUT2D eigenvalue weighted by atomic mass is 16.5. The van der Waals surface area contributed by atoms with Crippen LogP contribution >= 0.6 is 0 Å². The Labute approximate surface area is 191 Å². The summed E-state index contributed by atoms with van der Waals surface area (Å²) in [5, 5.41) is 4.58. The minimum absolute atomic E-state index is 0.755. The van der Waals surface area contributed by atoms with Crippen LogP contribution in [0, 0.1) is 6.92 Å². The van der Waals surface area contributed by atoms with E-state index in [-0.39, 0.29) is 0 Å². The lowest BCUT2D eigenvalue weighted by Crippen LogP contribution is -2.26. The summed E-state index contributed by atoms with van der Waals surface area (Å²) in [4.78, 5) is 19.3. The number of aryl methyl sites for hydroxylation is 1. The van der Waals surface area contributed by atoms with Gasteiger partial charge in [0.2, 0.25) is 0 Å². The third-order valence-corrected chi connectivity index (χ3v) is 6.22. The normalized spacial score (nSPS) is 13.6. The van der Waals surface area contributed by atoms with E-state index in [9.17, 15) is 0 Å². The summed E-state index contributed by atoms with van der Waals surface area (Å²) in [6.07, 6.45) is 1.64. The monoisotopic (exact) mass is 436 g/mol. The number of nitrogens with one attached hydrogen (secondary N) is 2. The van der Waals surface area contributed by atoms with Gasteiger partial charge in [-0.05, 0) is 66.1 Å². The number of aromatic nitrogens is 4. The number of hydrogen-bond donors (Lipinski definition) is 2. The van der Waals surface area contributed by atoms with Gasteiger partial charge in [0.1, 0.15) is 23.7 Å². The number of anilines is 2. The lowest BCUT2D eigenvalue weighted by molar-refractivity contribution is 0.415. The maximum atomic E-state index is 5.45. The average molecular weight is 437 g/mol. The maximum absolute atomic E-state index is 5.45. The van der Waals surface area contributed by atoms with Gasteiger partial charge in [-0.25, -0.2) is 15.0 Å². The molecule has 2 N–H and O–H groups in total. The molecular weight excluding hydrogens is 412 g/mol. The number of hydrogen-bond acceptors (Lipinski definition) is 6. The molecule has 6 rings (SSSR count). The van der Waals surface area contributed by atoms with Crippen LogP contribution in [-0.2, 0) is 6.54 Å². The molecule has 1 aliphatic rings. The molecule has 0 aliphatic carbocycles. The Morgan fingerprint density at radius 1 is 0.939 bits per heavy atom. The van der Waals surface area contributed by atoms with Gasteiger partial charge in [-0.1, -0.05) is 12.1 Å². The number of methoxy groups -OCH3 is 1. The molecule has 0 fully saturated rings. The van der Waals surface area contributed by atoms with Crippen LogP contribution in [0.5, 0.6) is 5.75 Å². The lowest BCUT2D eigenvalue weighted by atomic mass is 10.0. The van der Waals surface area contributed by atoms with Crippen molar-refractivity contribution < 1.29 is 4.74 Å². The number of nitrogens with zero attached hydrogens (tertiary/aromatic N) is 4. The number of H-pyrrole nitrogens is 1. The number of imidazole rings is 1. The molecule has 5 aromatic rings. The summed E-state index contributed by atoms with van der Waals surface area (Å²) < 4.78 is 5.45. The first-order valence-corrected chi connectivity index (χ1v) is 11.1. The molecule has 0 spiro atoms. The zero-order chi connectivity index (χ0) is 22.4. The number of benzene rings is 3. The van der Waals surface area contributed by atoms with E-state index in [4.69, 9.17) is 4.74 Å². The topological polar surface area (TPSA) is 79.0 Å². The Morgan fingerprint density at radius 2 is 1.79 bits per heavy atom. The van der Waals surface area contributed by atoms with E-state index in [0.29, 0.717) is 0 Å². The molecule has 7 nitrogen and oxygen atoms in total. The summed E-state index contributed by atoms with van der Waals surface area (Å²) in [6, 6.07) is 18.9. The fourth-order valence-electron chi connectivity index (χ4n) is 4.59. The quantitative estimate of drug-likeness (QED) is 0.418. The van der Waals surface area contributed by atoms with Crippen molar-refractivity contribution in [3.63, 3.8) is 0 Å². The van der Waals surface area contributed by atoms with Crippen LogP contribution in [0.2, 0.25) is 0 Å². The SMILES string of the molecule is COc1ccc2ncnc(N3CCNc4ccc(-c5ccc6nc(C)[nH]c6c5)cc4C3)c2c1. The Kier molecular flexibility index (Phi) is 4.61. The Bertz CT molecular complexity index is 1490. The first kappa shape index (κ1) is 19.5. The Balaban J connectivity index is 1.39. The number of fused-ring (bicyclic) bond motifs is 3. The third kappa shape index (κ3) is 3.51. The van der Waals surface area contributed by atoms with Crippen molar-refractivity contribution in [3.05, 3.63) is 72.3 Å². The minimum atomic E-state index is 0.755. The van der Waals surface area contributed by atoms with E-state index in [1.54, 1.807) is 13.4 Å². The highest BCUT2D eigenvalue weighted by Gasteiger charge is 2.19. The van der Waals surface area contributed by atoms with Crippen LogP contribution < -0.4 is 15.0 Å². The molecule has 0 saturated carbocycles. The number of rotatable bonds is 3. The molecule has 164 valence electrons. The van der Waals surface area contributed by atoms with E-state index < -0.39 is 0 Å². The highest BCUT2D eigenvalue weighted by Crippen LogP contribution is 2.32. The second-order valence-electron chi connectivity index (χ2n) is 8.35. The van der Waals surface area contributed by atoms with Crippen molar-refractivity contribution in [2.24, 2.45) is 0 Å². The Hall–Kier alpha value is -4.13. The molecule has 0 amide bonds. The van der Waals surface area contributed by atoms with Gasteiger partial charge in [0.25, 0.3) is 0 Å². The van der Waals surface area contributed by atoms with E-state index >= 15 is 0 Å². The van der Waals surface area contributed by atoms with Gasteiger partial charge in [0.15, 0.2) is 0 Å². The van der Waals surface area contributed by atoms with Crippen LogP contribution in [0.25, 0.3) is 33.1 Å². The van der Waals surface area contributed by atoms with E-state index in [1.807, 2.05) is 25.1 Å². The first-order valence-electron chi connectivity index (χ1n) is 11.1. The van der Waals surface area contributed by atoms with Gasteiger partial charge in [-0.2, -0.15) is 0 Å². The molecule has 1 aliphatic heterocycles. The molecule has 0 bridgehead atoms. The van der Waals surface area contributed by atoms with E-state index in [0.717, 1.165) is 64.6 Å². The molecule has 0 unspecified atom stereocenters. The maximum Gasteiger partial charge on any atom is 0.140 e. The van der Waals surface area contributed by atoms with Crippen LogP contribution in [0.15, 0.2) is 60.9 Å². The highest BCUT2D eigenvalue weighted by molar-refractivity contribution is 5.90. The van der Waals surface area contributed by atoms with E-state index in [1.165, 1.54) is 16.7 Å².